The molecule has 2 aromatic rings. The van der Waals surface area contributed by atoms with Crippen molar-refractivity contribution >= 4 is 11.0 Å². The largest absolute Gasteiger partial charge is 0.464 e. The number of fused-ring (bicyclic) bond motifs is 1. The monoisotopic (exact) mass is 237 g/mol. The lowest BCUT2D eigenvalue weighted by molar-refractivity contribution is 0.215. The average Bonchev–Trinajstić information content (AvgIpc) is 2.82. The van der Waals surface area contributed by atoms with E-state index in [9.17, 15) is 9.50 Å². The summed E-state index contributed by atoms with van der Waals surface area (Å²) >= 11 is 0. The minimum atomic E-state index is -0.516. The predicted molar refractivity (Wildman–Crippen MR) is 64.9 cm³/mol. The summed E-state index contributed by atoms with van der Waals surface area (Å²) in [6.45, 7) is -0.612. The van der Waals surface area contributed by atoms with E-state index in [1.807, 2.05) is 24.3 Å². The molecule has 92 valence electrons. The van der Waals surface area contributed by atoms with Crippen molar-refractivity contribution in [2.45, 2.75) is 12.0 Å². The summed E-state index contributed by atoms with van der Waals surface area (Å²) in [4.78, 5) is 0. The summed E-state index contributed by atoms with van der Waals surface area (Å²) < 4.78 is 18.4. The van der Waals surface area contributed by atoms with Crippen LogP contribution in [0, 0.1) is 0 Å². The Hall–Kier alpha value is -1.39. The van der Waals surface area contributed by atoms with Gasteiger partial charge in [-0.05, 0) is 24.7 Å². The maximum absolute atomic E-state index is 13.1. The van der Waals surface area contributed by atoms with Crippen molar-refractivity contribution in [3.8, 4) is 0 Å². The van der Waals surface area contributed by atoms with Gasteiger partial charge in [-0.2, -0.15) is 0 Å². The molecule has 17 heavy (non-hydrogen) atoms. The number of aliphatic hydroxyl groups is 1. The molecule has 0 fully saturated rings. The lowest BCUT2D eigenvalue weighted by Gasteiger charge is -2.22. The smallest absolute Gasteiger partial charge is 0.134 e. The molecule has 0 aliphatic heterocycles. The molecular formula is C13H16FNO2. The molecule has 2 atom stereocenters. The first-order chi connectivity index (χ1) is 8.30. The summed E-state index contributed by atoms with van der Waals surface area (Å²) in [5.74, 6) is -0.362. The fraction of sp³-hybridized carbons (Fsp3) is 0.385. The zero-order valence-corrected chi connectivity index (χ0v) is 9.69. The standard InChI is InChI=1S/C13H16FNO2/c1-15-12(8-16)11(7-14)10-3-2-9-4-5-17-13(9)6-10/h2-6,11-12,15-16H,7-8H2,1H3/t11?,12-/m1/s1. The van der Waals surface area contributed by atoms with Crippen LogP contribution in [0.4, 0.5) is 4.39 Å². The molecule has 0 spiro atoms. The van der Waals surface area contributed by atoms with E-state index in [2.05, 4.69) is 5.32 Å². The van der Waals surface area contributed by atoms with Crippen molar-refractivity contribution in [1.29, 1.82) is 0 Å². The number of rotatable bonds is 5. The number of nitrogens with one attached hydrogen (secondary N) is 1. The van der Waals surface area contributed by atoms with Crippen molar-refractivity contribution in [2.24, 2.45) is 0 Å². The van der Waals surface area contributed by atoms with Gasteiger partial charge in [0.2, 0.25) is 0 Å². The maximum atomic E-state index is 13.1. The Morgan fingerprint density at radius 2 is 2.24 bits per heavy atom. The van der Waals surface area contributed by atoms with Gasteiger partial charge in [0.15, 0.2) is 0 Å². The predicted octanol–water partition coefficient (Wildman–Crippen LogP) is 2.07. The normalized spacial score (nSPS) is 15.0. The molecule has 0 amide bonds. The third kappa shape index (κ3) is 2.33. The van der Waals surface area contributed by atoms with Crippen LogP contribution in [0.25, 0.3) is 11.0 Å². The molecule has 1 unspecified atom stereocenters. The Morgan fingerprint density at radius 1 is 1.41 bits per heavy atom. The molecule has 2 N–H and O–H groups in total. The number of alkyl halides is 1. The second-order valence-corrected chi connectivity index (χ2v) is 4.06. The van der Waals surface area contributed by atoms with E-state index in [0.717, 1.165) is 16.5 Å². The van der Waals surface area contributed by atoms with Gasteiger partial charge in [0.25, 0.3) is 0 Å². The molecule has 0 saturated carbocycles. The van der Waals surface area contributed by atoms with Gasteiger partial charge in [-0.1, -0.05) is 12.1 Å². The van der Waals surface area contributed by atoms with Crippen LogP contribution >= 0.6 is 0 Å². The van der Waals surface area contributed by atoms with E-state index < -0.39 is 6.67 Å². The van der Waals surface area contributed by atoms with E-state index in [-0.39, 0.29) is 18.6 Å². The van der Waals surface area contributed by atoms with Gasteiger partial charge in [-0.3, -0.25) is 4.39 Å². The van der Waals surface area contributed by atoms with Crippen molar-refractivity contribution in [3.05, 3.63) is 36.1 Å². The molecule has 0 bridgehead atoms. The van der Waals surface area contributed by atoms with Crippen LogP contribution in [0.1, 0.15) is 11.5 Å². The molecule has 1 aromatic heterocycles. The van der Waals surface area contributed by atoms with Gasteiger partial charge in [0.1, 0.15) is 5.58 Å². The molecule has 1 aromatic carbocycles. The van der Waals surface area contributed by atoms with E-state index in [1.54, 1.807) is 13.3 Å². The molecule has 4 heteroatoms. The third-order valence-corrected chi connectivity index (χ3v) is 3.13. The van der Waals surface area contributed by atoms with Gasteiger partial charge < -0.3 is 14.8 Å². The van der Waals surface area contributed by atoms with Crippen LogP contribution in [-0.2, 0) is 0 Å². The Kier molecular flexibility index (Phi) is 3.76. The molecule has 1 heterocycles. The van der Waals surface area contributed by atoms with Crippen molar-refractivity contribution in [3.63, 3.8) is 0 Å². The fourth-order valence-electron chi connectivity index (χ4n) is 2.05. The van der Waals surface area contributed by atoms with Crippen LogP contribution < -0.4 is 5.32 Å². The zero-order chi connectivity index (χ0) is 12.3. The lowest BCUT2D eigenvalue weighted by Crippen LogP contribution is -2.36. The van der Waals surface area contributed by atoms with Crippen LogP contribution in [0.3, 0.4) is 0 Å². The minimum absolute atomic E-state index is 0.0960. The van der Waals surface area contributed by atoms with Gasteiger partial charge >= 0.3 is 0 Å². The molecule has 0 saturated heterocycles. The second-order valence-electron chi connectivity index (χ2n) is 4.06. The molecular weight excluding hydrogens is 221 g/mol. The summed E-state index contributed by atoms with van der Waals surface area (Å²) in [6.07, 6.45) is 1.61. The van der Waals surface area contributed by atoms with E-state index in [1.165, 1.54) is 0 Å². The number of hydrogen-bond donors (Lipinski definition) is 2. The first-order valence-corrected chi connectivity index (χ1v) is 5.61. The zero-order valence-electron chi connectivity index (χ0n) is 9.69. The van der Waals surface area contributed by atoms with Gasteiger partial charge in [-0.15, -0.1) is 0 Å². The van der Waals surface area contributed by atoms with Gasteiger partial charge in [-0.25, -0.2) is 0 Å². The highest BCUT2D eigenvalue weighted by Gasteiger charge is 2.21. The van der Waals surface area contributed by atoms with E-state index in [4.69, 9.17) is 4.42 Å². The highest BCUT2D eigenvalue weighted by atomic mass is 19.1. The van der Waals surface area contributed by atoms with Crippen LogP contribution in [0.2, 0.25) is 0 Å². The van der Waals surface area contributed by atoms with Gasteiger partial charge in [0, 0.05) is 17.3 Å². The number of likely N-dealkylation sites (N-methyl/N-ethyl adjacent to an activating group) is 1. The first-order valence-electron chi connectivity index (χ1n) is 5.61. The van der Waals surface area contributed by atoms with Crippen molar-refractivity contribution < 1.29 is 13.9 Å². The van der Waals surface area contributed by atoms with Crippen molar-refractivity contribution in [2.75, 3.05) is 20.3 Å². The SMILES string of the molecule is CN[C@H](CO)C(CF)c1ccc2ccoc2c1. The highest BCUT2D eigenvalue weighted by molar-refractivity contribution is 5.77. The lowest BCUT2D eigenvalue weighted by atomic mass is 9.92. The Labute approximate surface area is 99.2 Å². The third-order valence-electron chi connectivity index (χ3n) is 3.13. The summed E-state index contributed by atoms with van der Waals surface area (Å²) in [5.41, 5.74) is 1.58. The Morgan fingerprint density at radius 3 is 2.88 bits per heavy atom. The Bertz CT molecular complexity index is 479. The minimum Gasteiger partial charge on any atom is -0.464 e. The molecule has 0 radical (unpaired) electrons. The van der Waals surface area contributed by atoms with E-state index >= 15 is 0 Å². The van der Waals surface area contributed by atoms with Crippen LogP contribution in [0.15, 0.2) is 34.9 Å². The van der Waals surface area contributed by atoms with Crippen LogP contribution in [-0.4, -0.2) is 31.5 Å². The quantitative estimate of drug-likeness (QED) is 0.836. The number of aliphatic hydroxyl groups excluding tert-OH is 1. The molecule has 0 aliphatic carbocycles. The first kappa shape index (κ1) is 12.1. The van der Waals surface area contributed by atoms with Gasteiger partial charge in [0.05, 0.1) is 19.5 Å². The number of hydrogen-bond acceptors (Lipinski definition) is 3. The number of halogens is 1. The maximum Gasteiger partial charge on any atom is 0.134 e. The number of furan rings is 1. The van der Waals surface area contributed by atoms with Crippen LogP contribution in [0.5, 0.6) is 0 Å². The summed E-state index contributed by atoms with van der Waals surface area (Å²) in [5, 5.41) is 13.1. The highest BCUT2D eigenvalue weighted by Crippen LogP contribution is 2.25. The van der Waals surface area contributed by atoms with E-state index in [0.29, 0.717) is 0 Å². The van der Waals surface area contributed by atoms with Crippen molar-refractivity contribution in [1.82, 2.24) is 5.32 Å². The average molecular weight is 237 g/mol. The number of benzene rings is 1. The topological polar surface area (TPSA) is 45.4 Å². The molecule has 3 nitrogen and oxygen atoms in total. The Balaban J connectivity index is 2.34. The fourth-order valence-corrected chi connectivity index (χ4v) is 2.05. The second kappa shape index (κ2) is 5.29. The summed E-state index contributed by atoms with van der Waals surface area (Å²) in [7, 11) is 1.72. The summed E-state index contributed by atoms with van der Waals surface area (Å²) in [6, 6.07) is 7.20. The molecule has 2 rings (SSSR count). The molecule has 0 aliphatic rings.